The standard InChI is InChI=1S/C26H36N4O3/c1-4-27-21-14-20(15-22(16-21)30-12-8-11-25(30)32)26(33)29-23(24(31)17-28-18(2)3)13-19-9-6-5-7-10-19/h5-7,9-10,14-16,18,23-24,27-28,31H,4,8,11-13,17H2,1-3H3,(H,29,33)/t23-,24-/m0/s1. The van der Waals surface area contributed by atoms with E-state index >= 15 is 0 Å². The van der Waals surface area contributed by atoms with E-state index in [1.807, 2.05) is 57.2 Å². The molecule has 0 spiro atoms. The molecule has 0 bridgehead atoms. The normalized spacial score (nSPS) is 15.5. The zero-order chi connectivity index (χ0) is 23.8. The molecule has 178 valence electrons. The first-order chi connectivity index (χ1) is 15.9. The third-order valence-electron chi connectivity index (χ3n) is 5.76. The predicted octanol–water partition coefficient (Wildman–Crippen LogP) is 2.95. The molecule has 1 heterocycles. The monoisotopic (exact) mass is 452 g/mol. The second-order valence-corrected chi connectivity index (χ2v) is 8.85. The van der Waals surface area contributed by atoms with Gasteiger partial charge >= 0.3 is 0 Å². The molecule has 7 nitrogen and oxygen atoms in total. The highest BCUT2D eigenvalue weighted by Crippen LogP contribution is 2.27. The summed E-state index contributed by atoms with van der Waals surface area (Å²) < 4.78 is 0. The zero-order valence-electron chi connectivity index (χ0n) is 19.8. The molecule has 0 radical (unpaired) electrons. The molecule has 0 saturated carbocycles. The van der Waals surface area contributed by atoms with Gasteiger partial charge in [-0.05, 0) is 43.5 Å². The Labute approximate surface area is 196 Å². The van der Waals surface area contributed by atoms with Crippen LogP contribution in [0.5, 0.6) is 0 Å². The molecule has 2 atom stereocenters. The summed E-state index contributed by atoms with van der Waals surface area (Å²) in [5.41, 5.74) is 3.02. The van der Waals surface area contributed by atoms with Crippen LogP contribution in [0.3, 0.4) is 0 Å². The fourth-order valence-corrected chi connectivity index (χ4v) is 4.03. The van der Waals surface area contributed by atoms with Crippen LogP contribution in [0.4, 0.5) is 11.4 Å². The van der Waals surface area contributed by atoms with Crippen LogP contribution in [0.25, 0.3) is 0 Å². The van der Waals surface area contributed by atoms with Gasteiger partial charge in [-0.25, -0.2) is 0 Å². The Kier molecular flexibility index (Phi) is 8.86. The second kappa shape index (κ2) is 11.8. The van der Waals surface area contributed by atoms with Crippen LogP contribution >= 0.6 is 0 Å². The summed E-state index contributed by atoms with van der Waals surface area (Å²) in [6.45, 7) is 7.76. The Morgan fingerprint density at radius 2 is 1.91 bits per heavy atom. The molecule has 2 aromatic carbocycles. The van der Waals surface area contributed by atoms with Gasteiger partial charge in [-0.3, -0.25) is 9.59 Å². The quantitative estimate of drug-likeness (QED) is 0.421. The summed E-state index contributed by atoms with van der Waals surface area (Å²) in [6, 6.07) is 15.1. The minimum atomic E-state index is -0.756. The number of aliphatic hydroxyl groups is 1. The number of carbonyl (C=O) groups is 2. The second-order valence-electron chi connectivity index (χ2n) is 8.85. The van der Waals surface area contributed by atoms with Crippen molar-refractivity contribution in [3.05, 3.63) is 59.7 Å². The SMILES string of the molecule is CCNc1cc(C(=O)N[C@@H](Cc2ccccc2)[C@@H](O)CNC(C)C)cc(N2CCCC2=O)c1. The molecule has 3 rings (SSSR count). The number of benzene rings is 2. The highest BCUT2D eigenvalue weighted by molar-refractivity contribution is 6.00. The van der Waals surface area contributed by atoms with Gasteiger partial charge in [-0.2, -0.15) is 0 Å². The van der Waals surface area contributed by atoms with Crippen LogP contribution in [-0.4, -0.2) is 54.7 Å². The van der Waals surface area contributed by atoms with E-state index in [1.54, 1.807) is 17.0 Å². The largest absolute Gasteiger partial charge is 0.390 e. The fourth-order valence-electron chi connectivity index (χ4n) is 4.03. The molecule has 0 aromatic heterocycles. The highest BCUT2D eigenvalue weighted by Gasteiger charge is 2.25. The smallest absolute Gasteiger partial charge is 0.251 e. The van der Waals surface area contributed by atoms with Crippen molar-refractivity contribution in [2.75, 3.05) is 29.9 Å². The molecule has 1 aliphatic rings. The summed E-state index contributed by atoms with van der Waals surface area (Å²) in [4.78, 5) is 27.3. The minimum Gasteiger partial charge on any atom is -0.390 e. The number of nitrogens with one attached hydrogen (secondary N) is 3. The maximum Gasteiger partial charge on any atom is 0.251 e. The van der Waals surface area contributed by atoms with Gasteiger partial charge in [-0.1, -0.05) is 44.2 Å². The number of hydrogen-bond acceptors (Lipinski definition) is 5. The van der Waals surface area contributed by atoms with Gasteiger partial charge in [0.25, 0.3) is 5.91 Å². The first-order valence-electron chi connectivity index (χ1n) is 11.8. The van der Waals surface area contributed by atoms with Gasteiger partial charge in [0.1, 0.15) is 0 Å². The lowest BCUT2D eigenvalue weighted by Crippen LogP contribution is -2.49. The molecule has 1 saturated heterocycles. The molecule has 2 amide bonds. The van der Waals surface area contributed by atoms with Crippen molar-refractivity contribution in [1.82, 2.24) is 10.6 Å². The van der Waals surface area contributed by atoms with Crippen LogP contribution in [-0.2, 0) is 11.2 Å². The van der Waals surface area contributed by atoms with E-state index in [0.717, 1.165) is 23.4 Å². The third-order valence-corrected chi connectivity index (χ3v) is 5.76. The van der Waals surface area contributed by atoms with E-state index in [2.05, 4.69) is 16.0 Å². The number of nitrogens with zero attached hydrogens (tertiary/aromatic N) is 1. The van der Waals surface area contributed by atoms with Crippen LogP contribution in [0.1, 0.15) is 49.5 Å². The van der Waals surface area contributed by atoms with E-state index in [0.29, 0.717) is 38.0 Å². The number of hydrogen-bond donors (Lipinski definition) is 4. The minimum absolute atomic E-state index is 0.0761. The van der Waals surface area contributed by atoms with E-state index in [4.69, 9.17) is 0 Å². The van der Waals surface area contributed by atoms with Gasteiger partial charge in [0.05, 0.1) is 12.1 Å². The van der Waals surface area contributed by atoms with Gasteiger partial charge in [0.2, 0.25) is 5.91 Å². The van der Waals surface area contributed by atoms with Gasteiger partial charge in [0.15, 0.2) is 0 Å². The van der Waals surface area contributed by atoms with Crippen molar-refractivity contribution >= 4 is 23.2 Å². The summed E-state index contributed by atoms with van der Waals surface area (Å²) in [7, 11) is 0. The van der Waals surface area contributed by atoms with Gasteiger partial charge in [0, 0.05) is 49.0 Å². The Morgan fingerprint density at radius 1 is 1.15 bits per heavy atom. The molecular weight excluding hydrogens is 416 g/mol. The molecule has 1 fully saturated rings. The summed E-state index contributed by atoms with van der Waals surface area (Å²) in [5, 5.41) is 20.4. The zero-order valence-corrected chi connectivity index (χ0v) is 19.8. The highest BCUT2D eigenvalue weighted by atomic mass is 16.3. The first kappa shape index (κ1) is 24.7. The fraction of sp³-hybridized carbons (Fsp3) is 0.462. The maximum atomic E-state index is 13.3. The van der Waals surface area contributed by atoms with E-state index in [9.17, 15) is 14.7 Å². The topological polar surface area (TPSA) is 93.7 Å². The summed E-state index contributed by atoms with van der Waals surface area (Å²) in [5.74, 6) is -0.195. The van der Waals surface area contributed by atoms with Gasteiger partial charge < -0.3 is 26.0 Å². The third kappa shape index (κ3) is 7.04. The molecule has 2 aromatic rings. The van der Waals surface area contributed by atoms with E-state index in [-0.39, 0.29) is 17.9 Å². The number of aliphatic hydroxyl groups excluding tert-OH is 1. The summed E-state index contributed by atoms with van der Waals surface area (Å²) in [6.07, 6.45) is 1.10. The van der Waals surface area contributed by atoms with Crippen molar-refractivity contribution in [3.8, 4) is 0 Å². The maximum absolute atomic E-state index is 13.3. The van der Waals surface area contributed by atoms with Crippen LogP contribution in [0.2, 0.25) is 0 Å². The average molecular weight is 453 g/mol. The van der Waals surface area contributed by atoms with Crippen LogP contribution in [0, 0.1) is 0 Å². The van der Waals surface area contributed by atoms with E-state index < -0.39 is 12.1 Å². The van der Waals surface area contributed by atoms with Crippen molar-refractivity contribution in [3.63, 3.8) is 0 Å². The predicted molar refractivity (Wildman–Crippen MR) is 133 cm³/mol. The van der Waals surface area contributed by atoms with Crippen molar-refractivity contribution in [1.29, 1.82) is 0 Å². The number of carbonyl (C=O) groups excluding carboxylic acids is 2. The lowest BCUT2D eigenvalue weighted by molar-refractivity contribution is -0.117. The Bertz CT molecular complexity index is 932. The number of rotatable bonds is 11. The first-order valence-corrected chi connectivity index (χ1v) is 11.8. The molecule has 1 aliphatic heterocycles. The van der Waals surface area contributed by atoms with Crippen molar-refractivity contribution in [2.45, 2.75) is 58.2 Å². The average Bonchev–Trinajstić information content (AvgIpc) is 3.23. The lowest BCUT2D eigenvalue weighted by Gasteiger charge is -2.26. The Balaban J connectivity index is 1.83. The van der Waals surface area contributed by atoms with Crippen LogP contribution < -0.4 is 20.9 Å². The number of amides is 2. The van der Waals surface area contributed by atoms with Crippen molar-refractivity contribution < 1.29 is 14.7 Å². The lowest BCUT2D eigenvalue weighted by atomic mass is 10.00. The Morgan fingerprint density at radius 3 is 2.55 bits per heavy atom. The molecule has 7 heteroatoms. The van der Waals surface area contributed by atoms with E-state index in [1.165, 1.54) is 0 Å². The number of anilines is 2. The molecule has 33 heavy (non-hydrogen) atoms. The van der Waals surface area contributed by atoms with Crippen LogP contribution in [0.15, 0.2) is 48.5 Å². The molecule has 4 N–H and O–H groups in total. The summed E-state index contributed by atoms with van der Waals surface area (Å²) >= 11 is 0. The molecule has 0 unspecified atom stereocenters. The van der Waals surface area contributed by atoms with Gasteiger partial charge in [-0.15, -0.1) is 0 Å². The Hall–Kier alpha value is -2.90. The van der Waals surface area contributed by atoms with Crippen molar-refractivity contribution in [2.24, 2.45) is 0 Å². The molecule has 0 aliphatic carbocycles. The molecular formula is C26H36N4O3.